The van der Waals surface area contributed by atoms with E-state index in [1.807, 2.05) is 0 Å². The van der Waals surface area contributed by atoms with Crippen LogP contribution in [0.2, 0.25) is 0 Å². The van der Waals surface area contributed by atoms with Gasteiger partial charge in [0.15, 0.2) is 0 Å². The van der Waals surface area contributed by atoms with Crippen molar-refractivity contribution < 1.29 is 65.4 Å². The fourth-order valence-electron chi connectivity index (χ4n) is 0. The zero-order chi connectivity index (χ0) is 4.50. The number of rotatable bonds is 0. The first kappa shape index (κ1) is 22.5. The van der Waals surface area contributed by atoms with Crippen molar-refractivity contribution in [3.63, 3.8) is 0 Å². The van der Waals surface area contributed by atoms with Crippen molar-refractivity contribution in [3.05, 3.63) is 0 Å². The van der Waals surface area contributed by atoms with E-state index < -0.39 is 13.4 Å². The molecular formula is H3MnNaNiO4Zn. The molecule has 4 nitrogen and oxygen atoms in total. The first-order chi connectivity index (χ1) is 2.00. The van der Waals surface area contributed by atoms with Crippen molar-refractivity contribution in [2.24, 2.45) is 0 Å². The monoisotopic (exact) mass is 267 g/mol. The Morgan fingerprint density at radius 3 is 1.12 bits per heavy atom. The molecule has 0 amide bonds. The Hall–Kier alpha value is 2.16. The van der Waals surface area contributed by atoms with Gasteiger partial charge in [0.05, 0.1) is 0 Å². The average Bonchev–Trinajstić information content (AvgIpc) is 0.722. The second kappa shape index (κ2) is 9.16. The molecule has 0 saturated carbocycles. The van der Waals surface area contributed by atoms with Crippen molar-refractivity contribution >= 4 is 29.6 Å². The van der Waals surface area contributed by atoms with E-state index in [2.05, 4.69) is 0 Å². The normalized spacial score (nSPS) is 7.25. The Labute approximate surface area is 93.7 Å². The Balaban J connectivity index is -0.0000000267. The predicted octanol–water partition coefficient (Wildman–Crippen LogP) is -2.01. The van der Waals surface area contributed by atoms with Gasteiger partial charge in [-0.3, -0.25) is 0 Å². The van der Waals surface area contributed by atoms with Gasteiger partial charge in [0.25, 0.3) is 0 Å². The molecule has 0 unspecified atom stereocenters. The molecule has 0 rings (SSSR count). The van der Waals surface area contributed by atoms with Gasteiger partial charge in [-0.15, -0.1) is 0 Å². The van der Waals surface area contributed by atoms with Crippen LogP contribution >= 0.6 is 0 Å². The molecule has 0 aromatic rings. The summed E-state index contributed by atoms with van der Waals surface area (Å²) >= 11 is -5.12. The fraction of sp³-hybridized carbons (Fsp3) is 0. The summed E-state index contributed by atoms with van der Waals surface area (Å²) in [6.45, 7) is 0. The molecule has 0 radical (unpaired) electrons. The van der Waals surface area contributed by atoms with Crippen molar-refractivity contribution in [1.29, 1.82) is 0 Å². The minimum Gasteiger partial charge on any atom is 0 e. The van der Waals surface area contributed by atoms with E-state index in [4.69, 9.17) is 16.0 Å². The van der Waals surface area contributed by atoms with Gasteiger partial charge >= 0.3 is 59.0 Å². The van der Waals surface area contributed by atoms with Gasteiger partial charge in [0, 0.05) is 36.0 Å². The third kappa shape index (κ3) is 89.8. The molecule has 8 heteroatoms. The molecule has 8 heavy (non-hydrogen) atoms. The Bertz CT molecular complexity index is 99.2. The molecule has 0 bridgehead atoms. The van der Waals surface area contributed by atoms with E-state index in [-0.39, 0.29) is 65.5 Å². The molecular weight excluding hydrogens is 266 g/mol. The number of hydrogen-bond donors (Lipinski definition) is 2. The molecule has 0 atom stereocenters. The van der Waals surface area contributed by atoms with Gasteiger partial charge < -0.3 is 0 Å². The zero-order valence-corrected chi connectivity index (χ0v) is 8.25. The van der Waals surface area contributed by atoms with Crippen molar-refractivity contribution in [1.82, 2.24) is 0 Å². The van der Waals surface area contributed by atoms with E-state index in [1.165, 1.54) is 0 Å². The van der Waals surface area contributed by atoms with Crippen molar-refractivity contribution in [2.75, 3.05) is 0 Å². The summed E-state index contributed by atoms with van der Waals surface area (Å²) in [5.74, 6) is 0. The van der Waals surface area contributed by atoms with Crippen LogP contribution in [0.1, 0.15) is 0 Å². The van der Waals surface area contributed by atoms with Gasteiger partial charge in [-0.1, -0.05) is 0 Å². The molecule has 0 spiro atoms. The number of hydrogen-bond acceptors (Lipinski definition) is 2. The van der Waals surface area contributed by atoms with Crippen LogP contribution in [0.3, 0.4) is 0 Å². The second-order valence-electron chi connectivity index (χ2n) is 0.415. The standard InChI is InChI=1S/Mn.Na.Ni.2H2O.2O.Zn.H/h;;;2*1H2;;;;/q+2;;;;;;;;/p-2. The summed E-state index contributed by atoms with van der Waals surface area (Å²) in [4.78, 5) is 0. The molecule has 0 aliphatic carbocycles. The predicted molar refractivity (Wildman–Crippen MR) is 13.0 cm³/mol. The molecule has 0 aliphatic heterocycles. The minimum atomic E-state index is -5.12. The molecule has 0 aromatic heterocycles. The van der Waals surface area contributed by atoms with Crippen LogP contribution in [0.25, 0.3) is 0 Å². The first-order valence-corrected chi connectivity index (χ1v) is 2.67. The van der Waals surface area contributed by atoms with Crippen LogP contribution in [0.15, 0.2) is 0 Å². The Kier molecular flexibility index (Phi) is 25.7. The molecule has 0 saturated heterocycles. The van der Waals surface area contributed by atoms with Gasteiger partial charge in [-0.05, 0) is 0 Å². The Morgan fingerprint density at radius 2 is 1.12 bits per heavy atom. The smallest absolute Gasteiger partial charge is 0 e. The molecule has 0 heterocycles. The van der Waals surface area contributed by atoms with Crippen LogP contribution in [0, 0.1) is 0 Å². The third-order valence-electron chi connectivity index (χ3n) is 0. The maximum atomic E-state index is 8.80. The zero-order valence-electron chi connectivity index (χ0n) is 3.11. The molecule has 2 N–H and O–H groups in total. The van der Waals surface area contributed by atoms with Crippen LogP contribution in [0.4, 0.5) is 0 Å². The van der Waals surface area contributed by atoms with E-state index in [0.29, 0.717) is 0 Å². The summed E-state index contributed by atoms with van der Waals surface area (Å²) in [6, 6.07) is 0. The Morgan fingerprint density at radius 1 is 1.12 bits per heavy atom. The maximum Gasteiger partial charge on any atom is 0 e. The van der Waals surface area contributed by atoms with Crippen LogP contribution < -0.4 is 0 Å². The van der Waals surface area contributed by atoms with Gasteiger partial charge in [-0.2, -0.15) is 0 Å². The van der Waals surface area contributed by atoms with E-state index >= 15 is 0 Å². The van der Waals surface area contributed by atoms with Crippen LogP contribution in [-0.2, 0) is 57.0 Å². The summed E-state index contributed by atoms with van der Waals surface area (Å²) < 4.78 is 31.8. The van der Waals surface area contributed by atoms with E-state index in [9.17, 15) is 0 Å². The van der Waals surface area contributed by atoms with Crippen molar-refractivity contribution in [3.8, 4) is 0 Å². The van der Waals surface area contributed by atoms with Gasteiger partial charge in [-0.25, -0.2) is 0 Å². The maximum absolute atomic E-state index is 8.80. The van der Waals surface area contributed by atoms with Gasteiger partial charge in [0.1, 0.15) is 0 Å². The average molecular weight is 269 g/mol. The van der Waals surface area contributed by atoms with Gasteiger partial charge in [0.2, 0.25) is 0 Å². The summed E-state index contributed by atoms with van der Waals surface area (Å²) in [5, 5.41) is 0. The van der Waals surface area contributed by atoms with E-state index in [1.54, 1.807) is 0 Å². The van der Waals surface area contributed by atoms with Crippen molar-refractivity contribution in [2.45, 2.75) is 0 Å². The first-order valence-electron chi connectivity index (χ1n) is 0.647. The van der Waals surface area contributed by atoms with Crippen LogP contribution in [0.5, 0.6) is 0 Å². The fourth-order valence-corrected chi connectivity index (χ4v) is 0. The summed E-state index contributed by atoms with van der Waals surface area (Å²) in [5.41, 5.74) is 0. The summed E-state index contributed by atoms with van der Waals surface area (Å²) in [7, 11) is 0. The minimum absolute atomic E-state index is 0. The second-order valence-corrected chi connectivity index (χ2v) is 1.71. The topological polar surface area (TPSA) is 74.6 Å². The van der Waals surface area contributed by atoms with Crippen LogP contribution in [-0.4, -0.2) is 37.9 Å². The quantitative estimate of drug-likeness (QED) is 0.498. The summed E-state index contributed by atoms with van der Waals surface area (Å²) in [6.07, 6.45) is 0. The molecule has 47 valence electrons. The molecule has 0 aromatic carbocycles. The largest absolute Gasteiger partial charge is 0 e. The van der Waals surface area contributed by atoms with E-state index in [0.717, 1.165) is 0 Å². The third-order valence-corrected chi connectivity index (χ3v) is 0. The molecule has 0 aliphatic rings. The molecule has 0 fully saturated rings. The SMILES string of the molecule is [NaH].[Ni].[O]=[Mn](=[O])([OH])[OH].[Zn].